The van der Waals surface area contributed by atoms with Gasteiger partial charge in [-0.05, 0) is 19.4 Å². The maximum atomic E-state index is 10.8. The van der Waals surface area contributed by atoms with Gasteiger partial charge in [0, 0.05) is 12.6 Å². The molecule has 90 valence electrons. The fourth-order valence-corrected chi connectivity index (χ4v) is 2.36. The van der Waals surface area contributed by atoms with Gasteiger partial charge in [-0.2, -0.15) is 0 Å². The number of hydrogen-bond donors (Lipinski definition) is 2. The number of carbonyl (C=O) groups excluding carboxylic acids is 1. The number of amides is 1. The van der Waals surface area contributed by atoms with E-state index in [0.29, 0.717) is 13.1 Å². The van der Waals surface area contributed by atoms with Crippen LogP contribution >= 0.6 is 0 Å². The minimum atomic E-state index is -0.765. The molecule has 0 saturated carbocycles. The molecular weight excluding hydrogens is 212 g/mol. The first-order valence-corrected chi connectivity index (χ1v) is 5.55. The number of nitrogens with zero attached hydrogens (tertiary/aromatic N) is 1. The highest BCUT2D eigenvalue weighted by Crippen LogP contribution is 2.21. The third kappa shape index (κ3) is 2.63. The van der Waals surface area contributed by atoms with Gasteiger partial charge in [0.1, 0.15) is 6.10 Å². The quantitative estimate of drug-likeness (QED) is 0.710. The molecule has 2 saturated heterocycles. The first-order chi connectivity index (χ1) is 7.65. The van der Waals surface area contributed by atoms with Crippen LogP contribution < -0.4 is 5.32 Å². The number of cyclic esters (lactones) is 1. The molecule has 6 heteroatoms. The number of carboxylic acid groups (broad SMARTS) is 1. The summed E-state index contributed by atoms with van der Waals surface area (Å²) in [6.07, 6.45) is 1.60. The minimum absolute atomic E-state index is 0.0943. The summed E-state index contributed by atoms with van der Waals surface area (Å²) in [6.45, 7) is 2.05. The second-order valence-electron chi connectivity index (χ2n) is 4.30. The van der Waals surface area contributed by atoms with E-state index in [-0.39, 0.29) is 24.7 Å². The lowest BCUT2D eigenvalue weighted by Gasteiger charge is -2.24. The molecule has 2 unspecified atom stereocenters. The lowest BCUT2D eigenvalue weighted by molar-refractivity contribution is -0.138. The number of aliphatic carboxylic acids is 1. The van der Waals surface area contributed by atoms with E-state index in [2.05, 4.69) is 10.2 Å². The van der Waals surface area contributed by atoms with Gasteiger partial charge < -0.3 is 15.2 Å². The van der Waals surface area contributed by atoms with Crippen LogP contribution in [0.1, 0.15) is 19.3 Å². The highest BCUT2D eigenvalue weighted by Gasteiger charge is 2.31. The molecule has 0 bridgehead atoms. The van der Waals surface area contributed by atoms with Gasteiger partial charge in [0.15, 0.2) is 0 Å². The van der Waals surface area contributed by atoms with Gasteiger partial charge in [-0.1, -0.05) is 0 Å². The number of carboxylic acids is 1. The molecule has 0 spiro atoms. The topological polar surface area (TPSA) is 78.9 Å². The average Bonchev–Trinajstić information content (AvgIpc) is 2.77. The maximum Gasteiger partial charge on any atom is 0.407 e. The van der Waals surface area contributed by atoms with Crippen LogP contribution in [0.15, 0.2) is 0 Å². The van der Waals surface area contributed by atoms with E-state index in [1.165, 1.54) is 0 Å². The van der Waals surface area contributed by atoms with Crippen LogP contribution in [0, 0.1) is 0 Å². The summed E-state index contributed by atoms with van der Waals surface area (Å²) in [5.74, 6) is -0.765. The molecule has 6 nitrogen and oxygen atoms in total. The lowest BCUT2D eigenvalue weighted by atomic mass is 10.1. The molecule has 0 aromatic carbocycles. The summed E-state index contributed by atoms with van der Waals surface area (Å²) in [6, 6.07) is 0.0943. The fraction of sp³-hybridized carbons (Fsp3) is 0.800. The third-order valence-electron chi connectivity index (χ3n) is 3.10. The molecule has 2 rings (SSSR count). The minimum Gasteiger partial charge on any atom is -0.481 e. The van der Waals surface area contributed by atoms with Crippen molar-refractivity contribution < 1.29 is 19.4 Å². The highest BCUT2D eigenvalue weighted by molar-refractivity contribution is 5.69. The van der Waals surface area contributed by atoms with Gasteiger partial charge in [0.2, 0.25) is 0 Å². The van der Waals surface area contributed by atoms with Crippen molar-refractivity contribution in [2.24, 2.45) is 0 Å². The van der Waals surface area contributed by atoms with Crippen molar-refractivity contribution in [1.82, 2.24) is 10.2 Å². The molecule has 0 aromatic rings. The monoisotopic (exact) mass is 228 g/mol. The van der Waals surface area contributed by atoms with Crippen molar-refractivity contribution >= 4 is 12.1 Å². The van der Waals surface area contributed by atoms with Gasteiger partial charge in [0.05, 0.1) is 13.0 Å². The molecule has 0 aromatic heterocycles. The number of carbonyl (C=O) groups is 2. The SMILES string of the molecule is O=C(O)CC1CCCN1CC1CNC(=O)O1. The first-order valence-electron chi connectivity index (χ1n) is 5.55. The zero-order valence-corrected chi connectivity index (χ0v) is 9.02. The smallest absolute Gasteiger partial charge is 0.407 e. The summed E-state index contributed by atoms with van der Waals surface area (Å²) >= 11 is 0. The van der Waals surface area contributed by atoms with Gasteiger partial charge in [-0.3, -0.25) is 9.69 Å². The van der Waals surface area contributed by atoms with Crippen molar-refractivity contribution in [3.63, 3.8) is 0 Å². The number of ether oxygens (including phenoxy) is 1. The Labute approximate surface area is 93.6 Å². The second-order valence-corrected chi connectivity index (χ2v) is 4.30. The first kappa shape index (κ1) is 11.2. The van der Waals surface area contributed by atoms with Crippen molar-refractivity contribution in [2.75, 3.05) is 19.6 Å². The van der Waals surface area contributed by atoms with Crippen LogP contribution in [0.2, 0.25) is 0 Å². The molecule has 2 aliphatic heterocycles. The zero-order chi connectivity index (χ0) is 11.5. The van der Waals surface area contributed by atoms with Crippen LogP contribution in [-0.4, -0.2) is 53.8 Å². The number of nitrogens with one attached hydrogen (secondary N) is 1. The highest BCUT2D eigenvalue weighted by atomic mass is 16.6. The standard InChI is InChI=1S/C10H16N2O4/c13-9(14)4-7-2-1-3-12(7)6-8-5-11-10(15)16-8/h7-8H,1-6H2,(H,11,15)(H,13,14). The molecule has 16 heavy (non-hydrogen) atoms. The Morgan fingerprint density at radius 2 is 2.44 bits per heavy atom. The summed E-state index contributed by atoms with van der Waals surface area (Å²) in [5, 5.41) is 11.4. The Bertz CT molecular complexity index is 295. The number of likely N-dealkylation sites (tertiary alicyclic amines) is 1. The van der Waals surface area contributed by atoms with Crippen molar-refractivity contribution in [1.29, 1.82) is 0 Å². The predicted molar refractivity (Wildman–Crippen MR) is 55.1 cm³/mol. The summed E-state index contributed by atoms with van der Waals surface area (Å²) < 4.78 is 5.04. The predicted octanol–water partition coefficient (Wildman–Crippen LogP) is 0.0339. The Kier molecular flexibility index (Phi) is 3.28. The Hall–Kier alpha value is -1.30. The molecular formula is C10H16N2O4. The van der Waals surface area contributed by atoms with E-state index >= 15 is 0 Å². The van der Waals surface area contributed by atoms with E-state index in [4.69, 9.17) is 9.84 Å². The molecule has 2 aliphatic rings. The van der Waals surface area contributed by atoms with Crippen LogP contribution in [0.25, 0.3) is 0 Å². The molecule has 1 amide bonds. The fourth-order valence-electron chi connectivity index (χ4n) is 2.36. The van der Waals surface area contributed by atoms with E-state index in [1.54, 1.807) is 0 Å². The summed E-state index contributed by atoms with van der Waals surface area (Å²) in [4.78, 5) is 23.6. The number of hydrogen-bond acceptors (Lipinski definition) is 4. The average molecular weight is 228 g/mol. The number of alkyl carbamates (subject to hydrolysis) is 1. The Balaban J connectivity index is 1.83. The molecule has 2 heterocycles. The van der Waals surface area contributed by atoms with E-state index < -0.39 is 5.97 Å². The maximum absolute atomic E-state index is 10.8. The van der Waals surface area contributed by atoms with Gasteiger partial charge >= 0.3 is 12.1 Å². The molecule has 2 N–H and O–H groups in total. The van der Waals surface area contributed by atoms with Crippen LogP contribution in [-0.2, 0) is 9.53 Å². The Morgan fingerprint density at radius 3 is 3.06 bits per heavy atom. The van der Waals surface area contributed by atoms with Crippen LogP contribution in [0.4, 0.5) is 4.79 Å². The van der Waals surface area contributed by atoms with Crippen molar-refractivity contribution in [2.45, 2.75) is 31.4 Å². The van der Waals surface area contributed by atoms with Gasteiger partial charge in [0.25, 0.3) is 0 Å². The molecule has 0 radical (unpaired) electrons. The second kappa shape index (κ2) is 4.69. The van der Waals surface area contributed by atoms with E-state index in [0.717, 1.165) is 19.4 Å². The van der Waals surface area contributed by atoms with Crippen LogP contribution in [0.3, 0.4) is 0 Å². The summed E-state index contributed by atoms with van der Waals surface area (Å²) in [5.41, 5.74) is 0. The van der Waals surface area contributed by atoms with Gasteiger partial charge in [-0.25, -0.2) is 4.79 Å². The summed E-state index contributed by atoms with van der Waals surface area (Å²) in [7, 11) is 0. The molecule has 2 atom stereocenters. The van der Waals surface area contributed by atoms with E-state index in [1.807, 2.05) is 0 Å². The largest absolute Gasteiger partial charge is 0.481 e. The van der Waals surface area contributed by atoms with E-state index in [9.17, 15) is 9.59 Å². The molecule has 0 aliphatic carbocycles. The Morgan fingerprint density at radius 1 is 1.62 bits per heavy atom. The third-order valence-corrected chi connectivity index (χ3v) is 3.10. The van der Waals surface area contributed by atoms with Gasteiger partial charge in [-0.15, -0.1) is 0 Å². The van der Waals surface area contributed by atoms with Crippen LogP contribution in [0.5, 0.6) is 0 Å². The molecule has 2 fully saturated rings. The van der Waals surface area contributed by atoms with Crippen molar-refractivity contribution in [3.8, 4) is 0 Å². The normalized spacial score (nSPS) is 30.1. The van der Waals surface area contributed by atoms with Crippen molar-refractivity contribution in [3.05, 3.63) is 0 Å². The zero-order valence-electron chi connectivity index (χ0n) is 9.02. The lowest BCUT2D eigenvalue weighted by Crippen LogP contribution is -2.38. The number of rotatable bonds is 4.